The van der Waals surface area contributed by atoms with Crippen LogP contribution < -0.4 is 4.74 Å². The van der Waals surface area contributed by atoms with Gasteiger partial charge in [0, 0.05) is 10.7 Å². The molecule has 0 aliphatic heterocycles. The highest BCUT2D eigenvalue weighted by molar-refractivity contribution is 8.13. The topological polar surface area (TPSA) is 43.4 Å². The fraction of sp³-hybridized carbons (Fsp3) is 0.400. The molecular formula is C10H13ClO3S. The van der Waals surface area contributed by atoms with Crippen LogP contribution >= 0.6 is 10.7 Å². The number of benzene rings is 1. The summed E-state index contributed by atoms with van der Waals surface area (Å²) in [7, 11) is 1.57. The Hall–Kier alpha value is -0.740. The largest absolute Gasteiger partial charge is 0.493 e. The van der Waals surface area contributed by atoms with Crippen LogP contribution in [0.25, 0.3) is 0 Å². The average Bonchev–Trinajstić information content (AvgIpc) is 2.14. The monoisotopic (exact) mass is 248 g/mol. The number of rotatable bonds is 4. The molecule has 0 aromatic heterocycles. The molecule has 0 atom stereocenters. The predicted molar refractivity (Wildman–Crippen MR) is 60.0 cm³/mol. The van der Waals surface area contributed by atoms with Crippen LogP contribution in [0.1, 0.15) is 18.9 Å². The van der Waals surface area contributed by atoms with Crippen molar-refractivity contribution in [2.45, 2.75) is 25.2 Å². The summed E-state index contributed by atoms with van der Waals surface area (Å²) in [5.41, 5.74) is 0.769. The van der Waals surface area contributed by atoms with Crippen molar-refractivity contribution in [3.63, 3.8) is 0 Å². The molecule has 0 unspecified atom stereocenters. The van der Waals surface area contributed by atoms with Crippen molar-refractivity contribution in [1.29, 1.82) is 0 Å². The average molecular weight is 249 g/mol. The van der Waals surface area contributed by atoms with Crippen LogP contribution in [0.15, 0.2) is 23.1 Å². The fourth-order valence-electron chi connectivity index (χ4n) is 1.15. The summed E-state index contributed by atoms with van der Waals surface area (Å²) in [5.74, 6) is 0.695. The Kier molecular flexibility index (Phi) is 3.99. The molecule has 0 heterocycles. The second-order valence-electron chi connectivity index (χ2n) is 3.21. The molecule has 1 rings (SSSR count). The number of aryl methyl sites for hydroxylation is 1. The van der Waals surface area contributed by atoms with Crippen LogP contribution in [0.3, 0.4) is 0 Å². The summed E-state index contributed by atoms with van der Waals surface area (Å²) in [6.07, 6.45) is 0.912. The van der Waals surface area contributed by atoms with Gasteiger partial charge in [-0.2, -0.15) is 0 Å². The van der Waals surface area contributed by atoms with Gasteiger partial charge in [-0.05, 0) is 37.1 Å². The van der Waals surface area contributed by atoms with Crippen LogP contribution in [-0.4, -0.2) is 15.0 Å². The predicted octanol–water partition coefficient (Wildman–Crippen LogP) is 2.71. The molecule has 0 N–H and O–H groups in total. The quantitative estimate of drug-likeness (QED) is 0.770. The molecule has 0 bridgehead atoms. The third kappa shape index (κ3) is 3.39. The minimum absolute atomic E-state index is 0.102. The molecule has 1 aromatic carbocycles. The minimum atomic E-state index is -3.65. The fourth-order valence-corrected chi connectivity index (χ4v) is 1.98. The number of hydrogen-bond acceptors (Lipinski definition) is 3. The van der Waals surface area contributed by atoms with Gasteiger partial charge >= 0.3 is 0 Å². The normalized spacial score (nSPS) is 11.4. The zero-order valence-corrected chi connectivity index (χ0v) is 10.2. The molecule has 0 radical (unpaired) electrons. The van der Waals surface area contributed by atoms with Crippen molar-refractivity contribution in [2.75, 3.05) is 6.61 Å². The minimum Gasteiger partial charge on any atom is -0.493 e. The summed E-state index contributed by atoms with van der Waals surface area (Å²) in [6.45, 7) is 4.41. The van der Waals surface area contributed by atoms with Gasteiger partial charge in [-0.15, -0.1) is 0 Å². The van der Waals surface area contributed by atoms with E-state index in [4.69, 9.17) is 15.4 Å². The first-order valence-corrected chi connectivity index (χ1v) is 6.94. The molecule has 0 saturated carbocycles. The molecule has 0 amide bonds. The molecule has 0 fully saturated rings. The molecule has 0 saturated heterocycles. The maximum Gasteiger partial charge on any atom is 0.261 e. The Morgan fingerprint density at radius 2 is 2.07 bits per heavy atom. The Morgan fingerprint density at radius 3 is 2.53 bits per heavy atom. The van der Waals surface area contributed by atoms with Crippen LogP contribution in [0.4, 0.5) is 0 Å². The van der Waals surface area contributed by atoms with Crippen molar-refractivity contribution >= 4 is 19.7 Å². The van der Waals surface area contributed by atoms with E-state index in [-0.39, 0.29) is 4.90 Å². The zero-order valence-electron chi connectivity index (χ0n) is 8.66. The molecule has 15 heavy (non-hydrogen) atoms. The second kappa shape index (κ2) is 4.86. The number of ether oxygens (including phenoxy) is 1. The maximum atomic E-state index is 11.0. The first-order valence-electron chi connectivity index (χ1n) is 4.63. The highest BCUT2D eigenvalue weighted by atomic mass is 35.7. The summed E-state index contributed by atoms with van der Waals surface area (Å²) in [5, 5.41) is 0. The van der Waals surface area contributed by atoms with Crippen LogP contribution in [0, 0.1) is 6.92 Å². The van der Waals surface area contributed by atoms with E-state index in [1.54, 1.807) is 13.0 Å². The molecular weight excluding hydrogens is 236 g/mol. The maximum absolute atomic E-state index is 11.0. The lowest BCUT2D eigenvalue weighted by atomic mass is 10.2. The highest BCUT2D eigenvalue weighted by Gasteiger charge is 2.11. The van der Waals surface area contributed by atoms with E-state index in [1.807, 2.05) is 6.92 Å². The first-order chi connectivity index (χ1) is 6.95. The highest BCUT2D eigenvalue weighted by Crippen LogP contribution is 2.23. The summed E-state index contributed by atoms with van der Waals surface area (Å²) in [4.78, 5) is 0.102. The Balaban J connectivity index is 2.99. The van der Waals surface area contributed by atoms with Crippen LogP contribution in [-0.2, 0) is 9.05 Å². The van der Waals surface area contributed by atoms with E-state index in [0.29, 0.717) is 12.4 Å². The summed E-state index contributed by atoms with van der Waals surface area (Å²) >= 11 is 0. The molecule has 1 aromatic rings. The van der Waals surface area contributed by atoms with Gasteiger partial charge < -0.3 is 4.74 Å². The van der Waals surface area contributed by atoms with E-state index in [1.165, 1.54) is 12.1 Å². The van der Waals surface area contributed by atoms with Crippen molar-refractivity contribution in [1.82, 2.24) is 0 Å². The van der Waals surface area contributed by atoms with E-state index < -0.39 is 9.05 Å². The van der Waals surface area contributed by atoms with Gasteiger partial charge in [-0.25, -0.2) is 8.42 Å². The van der Waals surface area contributed by atoms with Crippen molar-refractivity contribution < 1.29 is 13.2 Å². The zero-order chi connectivity index (χ0) is 11.5. The van der Waals surface area contributed by atoms with Gasteiger partial charge in [-0.3, -0.25) is 0 Å². The Morgan fingerprint density at radius 1 is 1.40 bits per heavy atom. The van der Waals surface area contributed by atoms with E-state index in [2.05, 4.69) is 0 Å². The molecule has 84 valence electrons. The molecule has 3 nitrogen and oxygen atoms in total. The standard InChI is InChI=1S/C10H13ClO3S/c1-3-6-14-10-5-4-9(7-8(10)2)15(11,12)13/h4-5,7H,3,6H2,1-2H3. The van der Waals surface area contributed by atoms with Crippen LogP contribution in [0.2, 0.25) is 0 Å². The Labute approximate surface area is 94.4 Å². The lowest BCUT2D eigenvalue weighted by Gasteiger charge is -2.08. The Bertz CT molecular complexity index is 440. The third-order valence-electron chi connectivity index (χ3n) is 1.89. The van der Waals surface area contributed by atoms with E-state index in [0.717, 1.165) is 12.0 Å². The molecule has 0 aliphatic carbocycles. The second-order valence-corrected chi connectivity index (χ2v) is 5.78. The van der Waals surface area contributed by atoms with Crippen LogP contribution in [0.5, 0.6) is 5.75 Å². The third-order valence-corrected chi connectivity index (χ3v) is 3.24. The molecule has 0 spiro atoms. The number of hydrogen-bond donors (Lipinski definition) is 0. The van der Waals surface area contributed by atoms with E-state index >= 15 is 0 Å². The van der Waals surface area contributed by atoms with Gasteiger partial charge in [-0.1, -0.05) is 6.92 Å². The lowest BCUT2D eigenvalue weighted by Crippen LogP contribution is -1.98. The van der Waals surface area contributed by atoms with Crippen molar-refractivity contribution in [2.24, 2.45) is 0 Å². The molecule has 0 aliphatic rings. The van der Waals surface area contributed by atoms with Gasteiger partial charge in [0.25, 0.3) is 9.05 Å². The molecule has 5 heteroatoms. The van der Waals surface area contributed by atoms with Gasteiger partial charge in [0.05, 0.1) is 11.5 Å². The lowest BCUT2D eigenvalue weighted by molar-refractivity contribution is 0.315. The SMILES string of the molecule is CCCOc1ccc(S(=O)(=O)Cl)cc1C. The summed E-state index contributed by atoms with van der Waals surface area (Å²) in [6, 6.07) is 4.58. The van der Waals surface area contributed by atoms with Gasteiger partial charge in [0.2, 0.25) is 0 Å². The number of halogens is 1. The van der Waals surface area contributed by atoms with E-state index in [9.17, 15) is 8.42 Å². The summed E-state index contributed by atoms with van der Waals surface area (Å²) < 4.78 is 27.5. The van der Waals surface area contributed by atoms with Crippen molar-refractivity contribution in [3.8, 4) is 5.75 Å². The van der Waals surface area contributed by atoms with Gasteiger partial charge in [0.1, 0.15) is 5.75 Å². The van der Waals surface area contributed by atoms with Gasteiger partial charge in [0.15, 0.2) is 0 Å². The smallest absolute Gasteiger partial charge is 0.261 e. The van der Waals surface area contributed by atoms with Crippen molar-refractivity contribution in [3.05, 3.63) is 23.8 Å². The first kappa shape index (κ1) is 12.3.